The Balaban J connectivity index is 1.62. The van der Waals surface area contributed by atoms with Gasteiger partial charge in [-0.2, -0.15) is 5.10 Å². The van der Waals surface area contributed by atoms with Gasteiger partial charge in [0.2, 0.25) is 0 Å². The lowest BCUT2D eigenvalue weighted by Crippen LogP contribution is -2.25. The third-order valence-corrected chi connectivity index (χ3v) is 5.13. The summed E-state index contributed by atoms with van der Waals surface area (Å²) in [5.41, 5.74) is 5.53. The molecule has 4 heterocycles. The van der Waals surface area contributed by atoms with Crippen LogP contribution in [0.2, 0.25) is 0 Å². The molecule has 0 saturated heterocycles. The molecule has 1 atom stereocenters. The van der Waals surface area contributed by atoms with E-state index in [9.17, 15) is 0 Å². The molecular weight excluding hydrogens is 380 g/mol. The fourth-order valence-electron chi connectivity index (χ4n) is 3.65. The molecule has 3 N–H and O–H groups in total. The van der Waals surface area contributed by atoms with Gasteiger partial charge in [0.15, 0.2) is 0 Å². The SMILES string of the molecule is COc1ccc2nc(C3=C(N[C@@H](C)c4ncccn4)c4nn(C)cc4NC3)[nH]c2c1. The summed E-state index contributed by atoms with van der Waals surface area (Å²) in [7, 11) is 3.57. The van der Waals surface area contributed by atoms with Crippen molar-refractivity contribution in [2.45, 2.75) is 13.0 Å². The molecule has 1 aliphatic heterocycles. The lowest BCUT2D eigenvalue weighted by Gasteiger charge is -2.24. The second-order valence-corrected chi connectivity index (χ2v) is 7.21. The summed E-state index contributed by atoms with van der Waals surface area (Å²) in [6.07, 6.45) is 5.47. The molecular formula is C21H22N8O. The van der Waals surface area contributed by atoms with E-state index in [-0.39, 0.29) is 6.04 Å². The lowest BCUT2D eigenvalue weighted by molar-refractivity contribution is 0.415. The zero-order valence-electron chi connectivity index (χ0n) is 17.0. The molecule has 0 radical (unpaired) electrons. The molecule has 9 nitrogen and oxygen atoms in total. The summed E-state index contributed by atoms with van der Waals surface area (Å²) in [4.78, 5) is 17.0. The van der Waals surface area contributed by atoms with Crippen LogP contribution in [-0.4, -0.2) is 43.4 Å². The molecule has 0 unspecified atom stereocenters. The van der Waals surface area contributed by atoms with Gasteiger partial charge < -0.3 is 20.4 Å². The van der Waals surface area contributed by atoms with Crippen LogP contribution < -0.4 is 15.4 Å². The molecule has 5 rings (SSSR count). The van der Waals surface area contributed by atoms with Crippen LogP contribution in [0.3, 0.4) is 0 Å². The highest BCUT2D eigenvalue weighted by atomic mass is 16.5. The molecule has 152 valence electrons. The molecule has 0 bridgehead atoms. The van der Waals surface area contributed by atoms with Crippen molar-refractivity contribution in [2.24, 2.45) is 7.05 Å². The van der Waals surface area contributed by atoms with Gasteiger partial charge in [0.1, 0.15) is 23.1 Å². The van der Waals surface area contributed by atoms with Gasteiger partial charge in [-0.05, 0) is 25.1 Å². The van der Waals surface area contributed by atoms with E-state index in [0.717, 1.165) is 51.1 Å². The van der Waals surface area contributed by atoms with Crippen LogP contribution in [-0.2, 0) is 7.05 Å². The van der Waals surface area contributed by atoms with E-state index < -0.39 is 0 Å². The largest absolute Gasteiger partial charge is 0.497 e. The molecule has 1 aromatic carbocycles. The van der Waals surface area contributed by atoms with Gasteiger partial charge in [0.05, 0.1) is 35.6 Å². The first-order chi connectivity index (χ1) is 14.6. The predicted octanol–water partition coefficient (Wildman–Crippen LogP) is 2.74. The fourth-order valence-corrected chi connectivity index (χ4v) is 3.65. The maximum atomic E-state index is 5.34. The quantitative estimate of drug-likeness (QED) is 0.471. The highest BCUT2D eigenvalue weighted by Crippen LogP contribution is 2.34. The zero-order valence-corrected chi connectivity index (χ0v) is 17.0. The second kappa shape index (κ2) is 7.18. The van der Waals surface area contributed by atoms with Crippen LogP contribution in [0.1, 0.15) is 30.3 Å². The molecule has 9 heteroatoms. The minimum atomic E-state index is -0.103. The molecule has 0 fully saturated rings. The van der Waals surface area contributed by atoms with Gasteiger partial charge in [-0.25, -0.2) is 15.0 Å². The van der Waals surface area contributed by atoms with Crippen LogP contribution in [0.15, 0.2) is 42.9 Å². The summed E-state index contributed by atoms with van der Waals surface area (Å²) in [5.74, 6) is 2.29. The van der Waals surface area contributed by atoms with Crippen molar-refractivity contribution >= 4 is 28.0 Å². The number of anilines is 1. The van der Waals surface area contributed by atoms with E-state index in [1.807, 2.05) is 44.4 Å². The van der Waals surface area contributed by atoms with Crippen molar-refractivity contribution in [3.63, 3.8) is 0 Å². The maximum absolute atomic E-state index is 5.34. The Kier molecular flexibility index (Phi) is 4.35. The molecule has 0 amide bonds. The lowest BCUT2D eigenvalue weighted by atomic mass is 10.0. The van der Waals surface area contributed by atoms with Gasteiger partial charge in [-0.1, -0.05) is 0 Å². The fraction of sp³-hybridized carbons (Fsp3) is 0.238. The van der Waals surface area contributed by atoms with Gasteiger partial charge in [-0.3, -0.25) is 4.68 Å². The van der Waals surface area contributed by atoms with Gasteiger partial charge in [-0.15, -0.1) is 0 Å². The summed E-state index contributed by atoms with van der Waals surface area (Å²) in [6.45, 7) is 2.65. The van der Waals surface area contributed by atoms with E-state index in [2.05, 4.69) is 30.7 Å². The van der Waals surface area contributed by atoms with Crippen molar-refractivity contribution in [2.75, 3.05) is 19.0 Å². The summed E-state index contributed by atoms with van der Waals surface area (Å²) >= 11 is 0. The van der Waals surface area contributed by atoms with E-state index in [1.54, 1.807) is 24.2 Å². The first kappa shape index (κ1) is 18.2. The van der Waals surface area contributed by atoms with Crippen LogP contribution in [0.5, 0.6) is 5.75 Å². The maximum Gasteiger partial charge on any atom is 0.150 e. The summed E-state index contributed by atoms with van der Waals surface area (Å²) in [6, 6.07) is 7.51. The van der Waals surface area contributed by atoms with E-state index in [4.69, 9.17) is 9.72 Å². The zero-order chi connectivity index (χ0) is 20.7. The molecule has 4 aromatic rings. The Morgan fingerprint density at radius 1 is 1.23 bits per heavy atom. The first-order valence-corrected chi connectivity index (χ1v) is 9.71. The Morgan fingerprint density at radius 3 is 2.87 bits per heavy atom. The van der Waals surface area contributed by atoms with Gasteiger partial charge >= 0.3 is 0 Å². The number of methoxy groups -OCH3 is 1. The van der Waals surface area contributed by atoms with Crippen molar-refractivity contribution in [3.8, 4) is 5.75 Å². The first-order valence-electron chi connectivity index (χ1n) is 9.71. The molecule has 0 aliphatic carbocycles. The molecule has 0 saturated carbocycles. The van der Waals surface area contributed by atoms with E-state index in [1.165, 1.54) is 0 Å². The third kappa shape index (κ3) is 3.14. The van der Waals surface area contributed by atoms with Gasteiger partial charge in [0, 0.05) is 43.8 Å². The van der Waals surface area contributed by atoms with Crippen LogP contribution in [0, 0.1) is 0 Å². The van der Waals surface area contributed by atoms with Crippen LogP contribution in [0.25, 0.3) is 22.3 Å². The van der Waals surface area contributed by atoms with E-state index >= 15 is 0 Å². The number of ether oxygens (including phenoxy) is 1. The van der Waals surface area contributed by atoms with Crippen molar-refractivity contribution in [1.82, 2.24) is 35.0 Å². The van der Waals surface area contributed by atoms with Gasteiger partial charge in [0.25, 0.3) is 0 Å². The third-order valence-electron chi connectivity index (χ3n) is 5.13. The highest BCUT2D eigenvalue weighted by molar-refractivity contribution is 5.96. The van der Waals surface area contributed by atoms with Crippen molar-refractivity contribution in [3.05, 3.63) is 60.2 Å². The Hall–Kier alpha value is -3.88. The van der Waals surface area contributed by atoms with Crippen molar-refractivity contribution < 1.29 is 4.74 Å². The number of rotatable bonds is 5. The number of aromatic nitrogens is 6. The minimum Gasteiger partial charge on any atom is -0.497 e. The number of fused-ring (bicyclic) bond motifs is 2. The number of nitrogens with zero attached hydrogens (tertiary/aromatic N) is 5. The predicted molar refractivity (Wildman–Crippen MR) is 115 cm³/mol. The molecule has 1 aliphatic rings. The Morgan fingerprint density at radius 2 is 2.07 bits per heavy atom. The number of aromatic amines is 1. The normalized spacial score (nSPS) is 14.4. The molecule has 30 heavy (non-hydrogen) atoms. The highest BCUT2D eigenvalue weighted by Gasteiger charge is 2.26. The number of H-pyrrole nitrogens is 1. The van der Waals surface area contributed by atoms with E-state index in [0.29, 0.717) is 6.54 Å². The number of nitrogens with one attached hydrogen (secondary N) is 3. The smallest absolute Gasteiger partial charge is 0.150 e. The number of hydrogen-bond donors (Lipinski definition) is 3. The molecule has 0 spiro atoms. The number of hydrogen-bond acceptors (Lipinski definition) is 7. The number of aryl methyl sites for hydroxylation is 1. The minimum absolute atomic E-state index is 0.103. The van der Waals surface area contributed by atoms with Crippen LogP contribution >= 0.6 is 0 Å². The second-order valence-electron chi connectivity index (χ2n) is 7.21. The number of benzene rings is 1. The molecule has 3 aromatic heterocycles. The number of imidazole rings is 1. The Labute approximate surface area is 173 Å². The topological polar surface area (TPSA) is 106 Å². The summed E-state index contributed by atoms with van der Waals surface area (Å²) < 4.78 is 7.14. The Bertz CT molecular complexity index is 1240. The average molecular weight is 402 g/mol. The van der Waals surface area contributed by atoms with Crippen molar-refractivity contribution in [1.29, 1.82) is 0 Å². The standard InChI is InChI=1S/C21H22N8O/c1-12(20-22-7-4-8-23-20)25-18-14(10-24-17-11-29(2)28-19(17)18)21-26-15-6-5-13(30-3)9-16(15)27-21/h4-9,11-12,24-25H,10H2,1-3H3,(H,26,27)/t12-/m0/s1. The van der Waals surface area contributed by atoms with Crippen LogP contribution in [0.4, 0.5) is 5.69 Å². The monoisotopic (exact) mass is 402 g/mol. The average Bonchev–Trinajstić information content (AvgIpc) is 3.36. The summed E-state index contributed by atoms with van der Waals surface area (Å²) in [5, 5.41) is 11.7.